The first-order chi connectivity index (χ1) is 18.2. The van der Waals surface area contributed by atoms with E-state index in [1.165, 1.54) is 16.5 Å². The Balaban J connectivity index is 1.49. The van der Waals surface area contributed by atoms with Crippen molar-refractivity contribution in [2.24, 2.45) is 5.10 Å². The molecule has 0 saturated carbocycles. The van der Waals surface area contributed by atoms with Crippen molar-refractivity contribution in [2.45, 2.75) is 25.4 Å². The van der Waals surface area contributed by atoms with Gasteiger partial charge >= 0.3 is 15.5 Å². The molecule has 17 heteroatoms. The van der Waals surface area contributed by atoms with Gasteiger partial charge < -0.3 is 10.2 Å². The summed E-state index contributed by atoms with van der Waals surface area (Å²) < 4.78 is 77.6. The van der Waals surface area contributed by atoms with Crippen LogP contribution in [0.5, 0.6) is 0 Å². The van der Waals surface area contributed by atoms with Crippen molar-refractivity contribution in [3.63, 3.8) is 0 Å². The molecule has 0 fully saturated rings. The largest absolute Gasteiger partial charge is 0.516 e. The molecule has 1 aromatic carbocycles. The minimum atomic E-state index is -5.58. The van der Waals surface area contributed by atoms with Crippen LogP contribution in [0.3, 0.4) is 0 Å². The molecule has 0 aliphatic carbocycles. The highest BCUT2D eigenvalue weighted by Crippen LogP contribution is 2.29. The number of sulfonamides is 1. The quantitative estimate of drug-likeness (QED) is 0.421. The molecule has 2 aromatic heterocycles. The summed E-state index contributed by atoms with van der Waals surface area (Å²) in [6, 6.07) is 3.98. The van der Waals surface area contributed by atoms with Crippen LogP contribution in [0, 0.1) is 5.82 Å². The number of hydrogen-bond acceptors (Lipinski definition) is 8. The molecule has 0 saturated heterocycles. The van der Waals surface area contributed by atoms with Crippen molar-refractivity contribution in [1.82, 2.24) is 24.0 Å². The molecule has 210 valence electrons. The van der Waals surface area contributed by atoms with Gasteiger partial charge in [0.15, 0.2) is 5.82 Å². The summed E-state index contributed by atoms with van der Waals surface area (Å²) in [6.45, 7) is 0.905. The van der Waals surface area contributed by atoms with Crippen molar-refractivity contribution in [1.29, 1.82) is 0 Å². The minimum Gasteiger partial charge on any atom is -0.361 e. The van der Waals surface area contributed by atoms with Crippen molar-refractivity contribution < 1.29 is 30.8 Å². The summed E-state index contributed by atoms with van der Waals surface area (Å²) in [5.41, 5.74) is -4.41. The number of alkyl halides is 3. The van der Waals surface area contributed by atoms with Gasteiger partial charge in [0.05, 0.1) is 29.5 Å². The van der Waals surface area contributed by atoms with Gasteiger partial charge in [-0.15, -0.1) is 0 Å². The second kappa shape index (κ2) is 10.5. The van der Waals surface area contributed by atoms with Gasteiger partial charge in [-0.25, -0.2) is 13.7 Å². The minimum absolute atomic E-state index is 0.0514. The van der Waals surface area contributed by atoms with E-state index in [-0.39, 0.29) is 28.8 Å². The summed E-state index contributed by atoms with van der Waals surface area (Å²) in [6.07, 6.45) is 2.49. The molecule has 0 spiro atoms. The fraction of sp³-hybridized carbons (Fsp3) is 0.364. The molecular formula is C22H23ClF4N8O3S. The highest BCUT2D eigenvalue weighted by atomic mass is 35.5. The number of nitrogens with one attached hydrogen (secondary N) is 1. The second-order valence-electron chi connectivity index (χ2n) is 8.62. The number of hydrogen-bond donors (Lipinski definition) is 1. The Morgan fingerprint density at radius 3 is 2.49 bits per heavy atom. The molecule has 1 aliphatic rings. The summed E-state index contributed by atoms with van der Waals surface area (Å²) >= 11 is 6.32. The van der Waals surface area contributed by atoms with Crippen LogP contribution < -0.4 is 15.2 Å². The highest BCUT2D eigenvalue weighted by molar-refractivity contribution is 7.90. The summed E-state index contributed by atoms with van der Waals surface area (Å²) in [4.78, 5) is 23.6. The normalized spacial score (nSPS) is 14.3. The van der Waals surface area contributed by atoms with Gasteiger partial charge in [-0.3, -0.25) is 14.2 Å². The predicted molar refractivity (Wildman–Crippen MR) is 137 cm³/mol. The van der Waals surface area contributed by atoms with E-state index in [0.29, 0.717) is 40.6 Å². The third-order valence-corrected chi connectivity index (χ3v) is 7.54. The van der Waals surface area contributed by atoms with E-state index < -0.39 is 33.8 Å². The Labute approximate surface area is 225 Å². The highest BCUT2D eigenvalue weighted by Gasteiger charge is 2.50. The van der Waals surface area contributed by atoms with Crippen molar-refractivity contribution in [3.8, 4) is 0 Å². The molecule has 0 bridgehead atoms. The zero-order valence-electron chi connectivity index (χ0n) is 20.9. The number of anilines is 2. The molecule has 1 aliphatic heterocycles. The molecule has 3 heterocycles. The molecule has 0 atom stereocenters. The summed E-state index contributed by atoms with van der Waals surface area (Å²) in [5, 5.41) is 7.73. The lowest BCUT2D eigenvalue weighted by molar-refractivity contribution is -0.0471. The SMILES string of the molecule is CCc1nc2nc(N(C)C)c(Cl)cn2c1C(=O)NCc1ccc(N2CCN(S(=O)(=O)C(F)(F)F)C=N2)c(F)c1. The molecule has 11 nitrogen and oxygen atoms in total. The fourth-order valence-corrected chi connectivity index (χ4v) is 4.91. The van der Waals surface area contributed by atoms with E-state index in [0.717, 1.165) is 11.1 Å². The lowest BCUT2D eigenvalue weighted by atomic mass is 10.1. The number of amides is 1. The van der Waals surface area contributed by atoms with E-state index in [4.69, 9.17) is 11.6 Å². The zero-order valence-corrected chi connectivity index (χ0v) is 22.4. The van der Waals surface area contributed by atoms with E-state index in [2.05, 4.69) is 20.4 Å². The zero-order chi connectivity index (χ0) is 28.7. The van der Waals surface area contributed by atoms with Crippen LogP contribution in [0.25, 0.3) is 5.78 Å². The maximum absolute atomic E-state index is 14.8. The number of rotatable bonds is 7. The number of imidazole rings is 1. The fourth-order valence-electron chi connectivity index (χ4n) is 3.85. The molecule has 3 aromatic rings. The van der Waals surface area contributed by atoms with Crippen LogP contribution in [-0.4, -0.2) is 72.0 Å². The lowest BCUT2D eigenvalue weighted by Gasteiger charge is -2.29. The predicted octanol–water partition coefficient (Wildman–Crippen LogP) is 3.00. The van der Waals surface area contributed by atoms with E-state index >= 15 is 0 Å². The summed E-state index contributed by atoms with van der Waals surface area (Å²) in [5.74, 6) is -0.454. The summed E-state index contributed by atoms with van der Waals surface area (Å²) in [7, 11) is -2.03. The topological polar surface area (TPSA) is 116 Å². The number of aryl methyl sites for hydroxylation is 1. The maximum atomic E-state index is 14.8. The Kier molecular flexibility index (Phi) is 7.62. The molecule has 4 rings (SSSR count). The molecule has 39 heavy (non-hydrogen) atoms. The standard InChI is InChI=1S/C22H23ClF4N8O3S/c1-4-16-18(34-11-14(23)19(32(2)3)31-21(34)30-16)20(36)28-10-13-5-6-17(15(24)9-13)35-8-7-33(12-29-35)39(37,38)22(25,26)27/h5-6,9,11-12H,4,7-8,10H2,1-3H3,(H,28,36). The van der Waals surface area contributed by atoms with Crippen LogP contribution in [0.1, 0.15) is 28.7 Å². The Morgan fingerprint density at radius 1 is 1.21 bits per heavy atom. The first kappa shape index (κ1) is 28.4. The first-order valence-corrected chi connectivity index (χ1v) is 13.3. The monoisotopic (exact) mass is 590 g/mol. The van der Waals surface area contributed by atoms with Crippen molar-refractivity contribution >= 4 is 51.2 Å². The number of nitrogens with zero attached hydrogens (tertiary/aromatic N) is 7. The number of fused-ring (bicyclic) bond motifs is 1. The number of hydrazone groups is 1. The van der Waals surface area contributed by atoms with E-state index in [1.807, 2.05) is 6.92 Å². The van der Waals surface area contributed by atoms with Gasteiger partial charge in [-0.2, -0.15) is 31.7 Å². The molecular weight excluding hydrogens is 568 g/mol. The number of aromatic nitrogens is 3. The average Bonchev–Trinajstić information content (AvgIpc) is 3.23. The maximum Gasteiger partial charge on any atom is 0.516 e. The number of carbonyl (C=O) groups excluding carboxylic acids is 1. The van der Waals surface area contributed by atoms with Crippen LogP contribution in [0.4, 0.5) is 29.1 Å². The van der Waals surface area contributed by atoms with E-state index in [9.17, 15) is 30.8 Å². The van der Waals surface area contributed by atoms with Crippen LogP contribution in [-0.2, 0) is 23.0 Å². The van der Waals surface area contributed by atoms with Gasteiger partial charge in [0.2, 0.25) is 5.78 Å². The lowest BCUT2D eigenvalue weighted by Crippen LogP contribution is -2.46. The van der Waals surface area contributed by atoms with Gasteiger partial charge in [0.1, 0.15) is 17.8 Å². The molecule has 0 radical (unpaired) electrons. The first-order valence-electron chi connectivity index (χ1n) is 11.5. The number of carbonyl (C=O) groups is 1. The molecule has 0 unspecified atom stereocenters. The van der Waals surface area contributed by atoms with Crippen molar-refractivity contribution in [3.05, 3.63) is 52.2 Å². The third-order valence-electron chi connectivity index (χ3n) is 5.80. The number of halogens is 5. The third kappa shape index (κ3) is 5.43. The Morgan fingerprint density at radius 2 is 1.92 bits per heavy atom. The van der Waals surface area contributed by atoms with Gasteiger partial charge in [-0.05, 0) is 24.1 Å². The van der Waals surface area contributed by atoms with Gasteiger partial charge in [-0.1, -0.05) is 24.6 Å². The van der Waals surface area contributed by atoms with Crippen molar-refractivity contribution in [2.75, 3.05) is 37.1 Å². The second-order valence-corrected chi connectivity index (χ2v) is 10.9. The van der Waals surface area contributed by atoms with Gasteiger partial charge in [0.25, 0.3) is 5.91 Å². The van der Waals surface area contributed by atoms with Crippen LogP contribution >= 0.6 is 11.6 Å². The van der Waals surface area contributed by atoms with Crippen LogP contribution in [0.15, 0.2) is 29.5 Å². The van der Waals surface area contributed by atoms with Gasteiger partial charge in [0, 0.05) is 26.8 Å². The van der Waals surface area contributed by atoms with Crippen LogP contribution in [0.2, 0.25) is 5.02 Å². The van der Waals surface area contributed by atoms with E-state index in [1.54, 1.807) is 25.2 Å². The molecule has 1 amide bonds. The smallest absolute Gasteiger partial charge is 0.361 e. The number of benzene rings is 1. The average molecular weight is 591 g/mol. The Hall–Kier alpha value is -3.66. The Bertz CT molecular complexity index is 1560. The molecule has 1 N–H and O–H groups in total.